The highest BCUT2D eigenvalue weighted by molar-refractivity contribution is 7.01. The van der Waals surface area contributed by atoms with E-state index in [1.807, 2.05) is 0 Å². The van der Waals surface area contributed by atoms with Crippen LogP contribution >= 0.6 is 0 Å². The van der Waals surface area contributed by atoms with Crippen molar-refractivity contribution < 1.29 is 8.83 Å². The van der Waals surface area contributed by atoms with E-state index in [2.05, 4.69) is 234 Å². The molecule has 362 valence electrons. The molecule has 3 aliphatic rings. The molecule has 77 heavy (non-hydrogen) atoms. The highest BCUT2D eigenvalue weighted by Gasteiger charge is 2.49. The lowest BCUT2D eigenvalue weighted by Crippen LogP contribution is -2.62. The molecule has 0 unspecified atom stereocenters. The monoisotopic (exact) mass is 984 g/mol. The standard InChI is InChI=1S/C71H50B2N2O2/c1-37-20-21-46-28-53-55-34-59-57(36-65(55)77-63(53)32-49(46)26-37)73(67-42(6)24-39(3)25-43(67)7)69-51-19-13-11-16-47(51)29-60-71(69)75(59)61-30-48-17-10-12-18-50(48)68-70(61)74(60)58-33-54-52-27-44-14-8-9-15-45(44)31-62(52)76-64(54)35-56(58)72(68)66-40(4)22-38(2)23-41(66)5/h8-36H,1-7H3. The van der Waals surface area contributed by atoms with Crippen molar-refractivity contribution in [3.05, 3.63) is 215 Å². The summed E-state index contributed by atoms with van der Waals surface area (Å²) in [5.74, 6) is 0. The molecule has 14 aromatic rings. The zero-order valence-corrected chi connectivity index (χ0v) is 44.1. The quantitative estimate of drug-likeness (QED) is 0.162. The van der Waals surface area contributed by atoms with E-state index in [1.165, 1.54) is 149 Å². The minimum atomic E-state index is -0.119. The number of fused-ring (bicyclic) bond motifs is 18. The second kappa shape index (κ2) is 15.1. The Labute approximate surface area is 446 Å². The van der Waals surface area contributed by atoms with Crippen LogP contribution in [0.15, 0.2) is 185 Å². The van der Waals surface area contributed by atoms with Crippen molar-refractivity contribution >= 4 is 167 Å². The zero-order valence-electron chi connectivity index (χ0n) is 44.1. The molecule has 0 bridgehead atoms. The van der Waals surface area contributed by atoms with Gasteiger partial charge in [0.25, 0.3) is 0 Å². The van der Waals surface area contributed by atoms with Crippen LogP contribution in [0.3, 0.4) is 0 Å². The maximum absolute atomic E-state index is 7.08. The van der Waals surface area contributed by atoms with E-state index in [0.29, 0.717) is 0 Å². The number of nitrogens with zero attached hydrogens (tertiary/aromatic N) is 2. The molecule has 0 radical (unpaired) electrons. The highest BCUT2D eigenvalue weighted by atomic mass is 16.3. The van der Waals surface area contributed by atoms with Gasteiger partial charge in [0.1, 0.15) is 22.3 Å². The summed E-state index contributed by atoms with van der Waals surface area (Å²) in [6.45, 7) is 15.7. The molecule has 2 aromatic heterocycles. The van der Waals surface area contributed by atoms with Gasteiger partial charge in [-0.2, -0.15) is 0 Å². The molecule has 12 aromatic carbocycles. The van der Waals surface area contributed by atoms with Crippen LogP contribution in [-0.2, 0) is 0 Å². The highest BCUT2D eigenvalue weighted by Crippen LogP contribution is 2.58. The third kappa shape index (κ3) is 5.80. The summed E-state index contributed by atoms with van der Waals surface area (Å²) in [5.41, 5.74) is 27.5. The Hall–Kier alpha value is -8.99. The van der Waals surface area contributed by atoms with E-state index in [-0.39, 0.29) is 13.4 Å². The Bertz CT molecular complexity index is 5010. The molecule has 0 amide bonds. The summed E-state index contributed by atoms with van der Waals surface area (Å²) in [6, 6.07) is 67.1. The molecule has 0 fully saturated rings. The van der Waals surface area contributed by atoms with Gasteiger partial charge in [-0.3, -0.25) is 0 Å². The molecular formula is C71H50B2N2O2. The second-order valence-electron chi connectivity index (χ2n) is 22.8. The summed E-state index contributed by atoms with van der Waals surface area (Å²) in [4.78, 5) is 5.36. The van der Waals surface area contributed by atoms with E-state index in [1.54, 1.807) is 0 Å². The predicted molar refractivity (Wildman–Crippen MR) is 329 cm³/mol. The number of hydrogen-bond donors (Lipinski definition) is 0. The fraction of sp³-hybridized carbons (Fsp3) is 0.0986. The first-order valence-electron chi connectivity index (χ1n) is 27.2. The Morgan fingerprint density at radius 2 is 0.675 bits per heavy atom. The summed E-state index contributed by atoms with van der Waals surface area (Å²) < 4.78 is 14.1. The number of benzene rings is 12. The van der Waals surface area contributed by atoms with Crippen LogP contribution in [0.1, 0.15) is 38.9 Å². The van der Waals surface area contributed by atoms with Crippen LogP contribution in [-0.4, -0.2) is 13.4 Å². The fourth-order valence-corrected chi connectivity index (χ4v) is 15.1. The van der Waals surface area contributed by atoms with Crippen molar-refractivity contribution in [3.63, 3.8) is 0 Å². The van der Waals surface area contributed by atoms with Gasteiger partial charge >= 0.3 is 0 Å². The lowest BCUT2D eigenvalue weighted by Gasteiger charge is -2.50. The molecular weight excluding hydrogens is 934 g/mol. The van der Waals surface area contributed by atoms with E-state index in [9.17, 15) is 0 Å². The van der Waals surface area contributed by atoms with Crippen LogP contribution in [0.5, 0.6) is 0 Å². The lowest BCUT2D eigenvalue weighted by atomic mass is 9.32. The number of furan rings is 2. The first-order valence-corrected chi connectivity index (χ1v) is 27.2. The van der Waals surface area contributed by atoms with Crippen LogP contribution in [0.4, 0.5) is 34.1 Å². The minimum Gasteiger partial charge on any atom is -0.456 e. The third-order valence-electron chi connectivity index (χ3n) is 18.0. The number of hydrogen-bond acceptors (Lipinski definition) is 4. The van der Waals surface area contributed by atoms with Gasteiger partial charge in [0, 0.05) is 32.9 Å². The van der Waals surface area contributed by atoms with Gasteiger partial charge in [0.15, 0.2) is 0 Å². The first-order chi connectivity index (χ1) is 37.5. The third-order valence-corrected chi connectivity index (χ3v) is 18.0. The summed E-state index contributed by atoms with van der Waals surface area (Å²) in [5, 5.41) is 14.2. The van der Waals surface area contributed by atoms with Crippen LogP contribution < -0.4 is 42.6 Å². The van der Waals surface area contributed by atoms with Gasteiger partial charge in [-0.15, -0.1) is 0 Å². The number of rotatable bonds is 2. The van der Waals surface area contributed by atoms with Crippen molar-refractivity contribution in [2.24, 2.45) is 0 Å². The first kappa shape index (κ1) is 43.3. The van der Waals surface area contributed by atoms with Crippen molar-refractivity contribution in [1.29, 1.82) is 0 Å². The van der Waals surface area contributed by atoms with Crippen molar-refractivity contribution in [2.45, 2.75) is 48.5 Å². The molecule has 17 rings (SSSR count). The smallest absolute Gasteiger partial charge is 0.248 e. The van der Waals surface area contributed by atoms with Gasteiger partial charge in [-0.25, -0.2) is 0 Å². The van der Waals surface area contributed by atoms with Gasteiger partial charge in [0.2, 0.25) is 13.4 Å². The van der Waals surface area contributed by atoms with Crippen LogP contribution in [0.2, 0.25) is 0 Å². The predicted octanol–water partition coefficient (Wildman–Crippen LogP) is 15.2. The maximum atomic E-state index is 7.08. The molecule has 3 aliphatic heterocycles. The van der Waals surface area contributed by atoms with Crippen LogP contribution in [0.25, 0.3) is 87.0 Å². The van der Waals surface area contributed by atoms with Gasteiger partial charge in [0.05, 0.1) is 22.7 Å². The van der Waals surface area contributed by atoms with E-state index in [0.717, 1.165) is 43.9 Å². The van der Waals surface area contributed by atoms with Gasteiger partial charge < -0.3 is 18.6 Å². The molecule has 0 saturated heterocycles. The number of aryl methyl sites for hydroxylation is 7. The molecule has 6 heteroatoms. The van der Waals surface area contributed by atoms with Gasteiger partial charge in [-0.05, 0) is 174 Å². The van der Waals surface area contributed by atoms with Gasteiger partial charge in [-0.1, -0.05) is 165 Å². The Kier molecular flexibility index (Phi) is 8.49. The summed E-state index contributed by atoms with van der Waals surface area (Å²) in [6.07, 6.45) is 0. The van der Waals surface area contributed by atoms with E-state index in [4.69, 9.17) is 8.83 Å². The second-order valence-corrected chi connectivity index (χ2v) is 22.8. The molecule has 5 heterocycles. The SMILES string of the molecule is Cc1cc(C)c(B2c3cc4oc5cc6ccccc6cc5c4cc3N3c4cc5ccccc5c5c4N(c4cc6c(cc4B5c4c(C)cc(C)cc4C)oc4cc5cc(C)ccc5cc46)c4cc5ccccc5c2c43)c(C)c1. The Balaban J connectivity index is 1.07. The summed E-state index contributed by atoms with van der Waals surface area (Å²) in [7, 11) is 0. The number of anilines is 6. The fourth-order valence-electron chi connectivity index (χ4n) is 15.1. The lowest BCUT2D eigenvalue weighted by molar-refractivity contribution is 0.669. The zero-order chi connectivity index (χ0) is 51.4. The summed E-state index contributed by atoms with van der Waals surface area (Å²) >= 11 is 0. The average Bonchev–Trinajstić information content (AvgIpc) is 4.05. The van der Waals surface area contributed by atoms with Crippen molar-refractivity contribution in [3.8, 4) is 0 Å². The minimum absolute atomic E-state index is 0.119. The van der Waals surface area contributed by atoms with Crippen LogP contribution in [0, 0.1) is 48.5 Å². The topological polar surface area (TPSA) is 32.8 Å². The normalized spacial score (nSPS) is 13.5. The average molecular weight is 985 g/mol. The molecule has 0 saturated carbocycles. The van der Waals surface area contributed by atoms with E-state index < -0.39 is 0 Å². The molecule has 4 nitrogen and oxygen atoms in total. The van der Waals surface area contributed by atoms with E-state index >= 15 is 0 Å². The van der Waals surface area contributed by atoms with Crippen molar-refractivity contribution in [1.82, 2.24) is 0 Å². The molecule has 0 N–H and O–H groups in total. The Morgan fingerprint density at radius 3 is 1.16 bits per heavy atom. The molecule has 0 aliphatic carbocycles. The maximum Gasteiger partial charge on any atom is 0.248 e. The molecule has 0 spiro atoms. The largest absolute Gasteiger partial charge is 0.456 e. The van der Waals surface area contributed by atoms with Crippen molar-refractivity contribution in [2.75, 3.05) is 9.80 Å². The Morgan fingerprint density at radius 1 is 0.286 bits per heavy atom. The molecule has 0 atom stereocenters.